The van der Waals surface area contributed by atoms with Gasteiger partial charge in [0.1, 0.15) is 0 Å². The van der Waals surface area contributed by atoms with Crippen molar-refractivity contribution >= 4 is 5.69 Å². The van der Waals surface area contributed by atoms with E-state index in [1.54, 1.807) is 0 Å². The van der Waals surface area contributed by atoms with Crippen LogP contribution in [-0.4, -0.2) is 19.1 Å². The monoisotopic (exact) mass is 505 g/mol. The molecule has 3 rings (SSSR count). The zero-order chi connectivity index (χ0) is 27.2. The highest BCUT2D eigenvalue weighted by Crippen LogP contribution is 2.42. The molecule has 3 heteroatoms. The fraction of sp³-hybridized carbons (Fsp3) is 0.647. The highest BCUT2D eigenvalue weighted by atomic mass is 15.2. The van der Waals surface area contributed by atoms with Crippen LogP contribution in [0.2, 0.25) is 0 Å². The van der Waals surface area contributed by atoms with E-state index in [1.165, 1.54) is 67.6 Å². The summed E-state index contributed by atoms with van der Waals surface area (Å²) in [5.41, 5.74) is 6.58. The smallest absolute Gasteiger partial charge is 0.0478 e. The molecular weight excluding hydrogens is 450 g/mol. The van der Waals surface area contributed by atoms with Gasteiger partial charge in [0.2, 0.25) is 0 Å². The Labute approximate surface area is 228 Å². The van der Waals surface area contributed by atoms with Crippen molar-refractivity contribution < 1.29 is 0 Å². The lowest BCUT2D eigenvalue weighted by Gasteiger charge is -2.40. The number of allylic oxidation sites excluding steroid dienone is 3. The van der Waals surface area contributed by atoms with Crippen molar-refractivity contribution in [1.29, 1.82) is 0 Å². The van der Waals surface area contributed by atoms with Gasteiger partial charge in [0.25, 0.3) is 0 Å². The minimum atomic E-state index is 0.179. The Morgan fingerprint density at radius 3 is 2.41 bits per heavy atom. The van der Waals surface area contributed by atoms with Crippen molar-refractivity contribution in [2.75, 3.05) is 18.0 Å². The van der Waals surface area contributed by atoms with Crippen molar-refractivity contribution in [3.63, 3.8) is 0 Å². The molecule has 0 amide bonds. The number of nitrogens with one attached hydrogen (secondary N) is 2. The van der Waals surface area contributed by atoms with Gasteiger partial charge in [-0.1, -0.05) is 91.8 Å². The lowest BCUT2D eigenvalue weighted by molar-refractivity contribution is 0.186. The predicted molar refractivity (Wildman–Crippen MR) is 163 cm³/mol. The van der Waals surface area contributed by atoms with Crippen molar-refractivity contribution in [2.24, 2.45) is 22.7 Å². The van der Waals surface area contributed by atoms with Crippen LogP contribution in [0.15, 0.2) is 61.1 Å². The Kier molecular flexibility index (Phi) is 10.0. The fourth-order valence-electron chi connectivity index (χ4n) is 6.41. The first-order chi connectivity index (χ1) is 17.4. The van der Waals surface area contributed by atoms with Crippen LogP contribution in [0, 0.1) is 22.7 Å². The summed E-state index contributed by atoms with van der Waals surface area (Å²) in [6, 6.07) is 9.16. The van der Waals surface area contributed by atoms with Crippen LogP contribution in [0.4, 0.5) is 5.69 Å². The minimum Gasteiger partial charge on any atom is -0.388 e. The highest BCUT2D eigenvalue weighted by Gasteiger charge is 2.33. The molecule has 0 bridgehead atoms. The Balaban J connectivity index is 1.51. The van der Waals surface area contributed by atoms with E-state index in [-0.39, 0.29) is 10.8 Å². The molecule has 2 unspecified atom stereocenters. The third-order valence-corrected chi connectivity index (χ3v) is 9.05. The predicted octanol–water partition coefficient (Wildman–Crippen LogP) is 8.60. The molecule has 206 valence electrons. The molecule has 0 saturated heterocycles. The Hall–Kier alpha value is -2.16. The quantitative estimate of drug-likeness (QED) is 0.281. The second-order valence-electron chi connectivity index (χ2n) is 13.5. The van der Waals surface area contributed by atoms with Crippen LogP contribution in [0.25, 0.3) is 0 Å². The number of anilines is 1. The maximum absolute atomic E-state index is 4.59. The van der Waals surface area contributed by atoms with Crippen LogP contribution < -0.4 is 15.5 Å². The number of hydrogen-bond donors (Lipinski definition) is 2. The summed E-state index contributed by atoms with van der Waals surface area (Å²) in [7, 11) is 0. The molecule has 0 aromatic heterocycles. The van der Waals surface area contributed by atoms with E-state index < -0.39 is 0 Å². The maximum atomic E-state index is 4.59. The first kappa shape index (κ1) is 29.4. The van der Waals surface area contributed by atoms with Crippen molar-refractivity contribution in [3.05, 3.63) is 66.7 Å². The van der Waals surface area contributed by atoms with Crippen molar-refractivity contribution in [3.8, 4) is 0 Å². The minimum absolute atomic E-state index is 0.179. The second kappa shape index (κ2) is 12.6. The van der Waals surface area contributed by atoms with Gasteiger partial charge in [-0.15, -0.1) is 0 Å². The summed E-state index contributed by atoms with van der Waals surface area (Å²) >= 11 is 0. The first-order valence-electron chi connectivity index (χ1n) is 14.8. The number of nitrogens with zero attached hydrogens (tertiary/aromatic N) is 1. The number of benzene rings is 1. The molecule has 3 nitrogen and oxygen atoms in total. The lowest BCUT2D eigenvalue weighted by Crippen LogP contribution is -2.45. The lowest BCUT2D eigenvalue weighted by atomic mass is 9.69. The summed E-state index contributed by atoms with van der Waals surface area (Å²) in [6.07, 6.45) is 11.3. The largest absolute Gasteiger partial charge is 0.388 e. The topological polar surface area (TPSA) is 27.3 Å². The second-order valence-corrected chi connectivity index (χ2v) is 13.5. The van der Waals surface area contributed by atoms with Gasteiger partial charge in [0.15, 0.2) is 0 Å². The molecule has 0 spiro atoms. The van der Waals surface area contributed by atoms with Gasteiger partial charge in [-0.25, -0.2) is 0 Å². The number of hydrogen-bond acceptors (Lipinski definition) is 3. The van der Waals surface area contributed by atoms with E-state index in [4.69, 9.17) is 0 Å². The molecule has 1 fully saturated rings. The maximum Gasteiger partial charge on any atom is 0.0478 e. The number of rotatable bonds is 13. The Morgan fingerprint density at radius 2 is 1.73 bits per heavy atom. The van der Waals surface area contributed by atoms with E-state index >= 15 is 0 Å². The van der Waals surface area contributed by atoms with Gasteiger partial charge in [0, 0.05) is 47.3 Å². The zero-order valence-electron chi connectivity index (χ0n) is 24.9. The summed E-state index contributed by atoms with van der Waals surface area (Å²) in [4.78, 5) is 2.45. The SMILES string of the molecule is C=C(C)NC1Cc2ccccc2N(C(=C)CC(C)(C)CCC(C)CNC(=C)C(C)(C)C2CCCCC2)C1. The number of para-hydroxylation sites is 1. The van der Waals surface area contributed by atoms with Crippen LogP contribution in [0.5, 0.6) is 0 Å². The summed E-state index contributed by atoms with van der Waals surface area (Å²) in [6.45, 7) is 29.1. The summed E-state index contributed by atoms with van der Waals surface area (Å²) < 4.78 is 0. The van der Waals surface area contributed by atoms with Crippen molar-refractivity contribution in [1.82, 2.24) is 10.6 Å². The van der Waals surface area contributed by atoms with E-state index in [2.05, 4.69) is 94.2 Å². The van der Waals surface area contributed by atoms with Gasteiger partial charge in [-0.3, -0.25) is 0 Å². The van der Waals surface area contributed by atoms with Crippen LogP contribution >= 0.6 is 0 Å². The van der Waals surface area contributed by atoms with Gasteiger partial charge >= 0.3 is 0 Å². The van der Waals surface area contributed by atoms with E-state index in [1.807, 2.05) is 6.92 Å². The molecule has 1 aromatic rings. The molecule has 2 atom stereocenters. The van der Waals surface area contributed by atoms with Crippen LogP contribution in [0.3, 0.4) is 0 Å². The molecule has 1 aromatic carbocycles. The summed E-state index contributed by atoms with van der Waals surface area (Å²) in [5, 5.41) is 7.32. The average Bonchev–Trinajstić information content (AvgIpc) is 2.85. The molecule has 1 aliphatic heterocycles. The molecule has 1 aliphatic carbocycles. The average molecular weight is 506 g/mol. The fourth-order valence-corrected chi connectivity index (χ4v) is 6.41. The van der Waals surface area contributed by atoms with Gasteiger partial charge in [0.05, 0.1) is 0 Å². The van der Waals surface area contributed by atoms with Gasteiger partial charge in [-0.2, -0.15) is 0 Å². The van der Waals surface area contributed by atoms with E-state index in [9.17, 15) is 0 Å². The Bertz CT molecular complexity index is 934. The molecule has 37 heavy (non-hydrogen) atoms. The molecule has 2 aliphatic rings. The third-order valence-electron chi connectivity index (χ3n) is 9.05. The normalized spacial score (nSPS) is 19.6. The van der Waals surface area contributed by atoms with Crippen LogP contribution in [0.1, 0.15) is 98.5 Å². The zero-order valence-corrected chi connectivity index (χ0v) is 24.9. The van der Waals surface area contributed by atoms with Crippen LogP contribution in [-0.2, 0) is 6.42 Å². The first-order valence-corrected chi connectivity index (χ1v) is 14.8. The molecule has 2 N–H and O–H groups in total. The summed E-state index contributed by atoms with van der Waals surface area (Å²) in [5.74, 6) is 1.39. The van der Waals surface area contributed by atoms with Gasteiger partial charge < -0.3 is 15.5 Å². The van der Waals surface area contributed by atoms with E-state index in [0.717, 1.165) is 37.5 Å². The highest BCUT2D eigenvalue weighted by molar-refractivity contribution is 5.60. The number of fused-ring (bicyclic) bond motifs is 1. The standard InChI is InChI=1S/C34H55N3/c1-25(2)36-31-21-29-15-13-14-18-32(29)37(24-31)27(4)22-33(6,7)20-19-26(3)23-35-28(5)34(8,9)30-16-11-10-12-17-30/h13-15,18,26,30-31,35-36H,1,4-5,10-12,16-17,19-24H2,2-3,6-9H3. The van der Waals surface area contributed by atoms with E-state index in [0.29, 0.717) is 12.0 Å². The third kappa shape index (κ3) is 8.16. The molecular formula is C34H55N3. The van der Waals surface area contributed by atoms with Gasteiger partial charge in [-0.05, 0) is 74.3 Å². The molecule has 1 saturated carbocycles. The molecule has 1 heterocycles. The Morgan fingerprint density at radius 1 is 1.05 bits per heavy atom. The van der Waals surface area contributed by atoms with Crippen molar-refractivity contribution in [2.45, 2.75) is 105 Å². The molecule has 0 radical (unpaired) electrons.